The number of carboxylic acid groups (broad SMARTS) is 1. The van der Waals surface area contributed by atoms with Crippen LogP contribution in [0.15, 0.2) is 42.5 Å². The van der Waals surface area contributed by atoms with E-state index in [2.05, 4.69) is 11.9 Å². The highest BCUT2D eigenvalue weighted by Gasteiger charge is 2.09. The zero-order chi connectivity index (χ0) is 26.7. The minimum atomic E-state index is -0.915. The molecule has 1 aromatic heterocycles. The molecule has 202 valence electrons. The number of nitrogens with zero attached hydrogens (tertiary/aromatic N) is 1. The van der Waals surface area contributed by atoms with Gasteiger partial charge in [0.15, 0.2) is 0 Å². The van der Waals surface area contributed by atoms with E-state index in [1.54, 1.807) is 42.5 Å². The van der Waals surface area contributed by atoms with Gasteiger partial charge >= 0.3 is 11.9 Å². The van der Waals surface area contributed by atoms with E-state index in [0.717, 1.165) is 18.4 Å². The Morgan fingerprint density at radius 1 is 0.919 bits per heavy atom. The summed E-state index contributed by atoms with van der Waals surface area (Å²) in [7, 11) is 1.34. The second-order valence-corrected chi connectivity index (χ2v) is 9.04. The van der Waals surface area contributed by atoms with Crippen LogP contribution in [0.2, 0.25) is 0 Å². The highest BCUT2D eigenvalue weighted by molar-refractivity contribution is 5.89. The van der Waals surface area contributed by atoms with E-state index in [-0.39, 0.29) is 13.0 Å². The number of carbonyl (C=O) groups is 2. The normalized spacial score (nSPS) is 11.0. The Balaban J connectivity index is 1.87. The lowest BCUT2D eigenvalue weighted by Crippen LogP contribution is -2.04. The molecule has 0 aliphatic heterocycles. The Kier molecular flexibility index (Phi) is 14.5. The number of benzene rings is 1. The summed E-state index contributed by atoms with van der Waals surface area (Å²) in [6, 6.07) is 10.5. The molecule has 0 unspecified atom stereocenters. The predicted octanol–water partition coefficient (Wildman–Crippen LogP) is 7.23. The molecule has 0 fully saturated rings. The number of carboxylic acids is 1. The van der Waals surface area contributed by atoms with E-state index in [0.29, 0.717) is 29.5 Å². The van der Waals surface area contributed by atoms with E-state index in [1.165, 1.54) is 58.5 Å². The van der Waals surface area contributed by atoms with Crippen molar-refractivity contribution in [2.24, 2.45) is 0 Å². The first-order chi connectivity index (χ1) is 18.0. The van der Waals surface area contributed by atoms with E-state index >= 15 is 0 Å². The molecule has 1 heterocycles. The summed E-state index contributed by atoms with van der Waals surface area (Å²) in [6.07, 6.45) is 15.6. The summed E-state index contributed by atoms with van der Waals surface area (Å²) in [5.74, 6) is -0.348. The van der Waals surface area contributed by atoms with E-state index < -0.39 is 11.9 Å². The Labute approximate surface area is 220 Å². The van der Waals surface area contributed by atoms with Crippen LogP contribution in [0.1, 0.15) is 99.2 Å². The van der Waals surface area contributed by atoms with Gasteiger partial charge < -0.3 is 19.3 Å². The first-order valence-corrected chi connectivity index (χ1v) is 13.4. The Hall–Kier alpha value is -3.35. The van der Waals surface area contributed by atoms with Crippen molar-refractivity contribution in [2.75, 3.05) is 13.7 Å². The lowest BCUT2D eigenvalue weighted by atomic mass is 10.1. The molecule has 0 aliphatic rings. The molecule has 0 radical (unpaired) electrons. The molecule has 0 amide bonds. The van der Waals surface area contributed by atoms with Crippen molar-refractivity contribution >= 4 is 18.0 Å². The molecule has 7 nitrogen and oxygen atoms in total. The molecule has 2 rings (SSSR count). The lowest BCUT2D eigenvalue weighted by molar-refractivity contribution is -0.135. The first kappa shape index (κ1) is 29.9. The van der Waals surface area contributed by atoms with Crippen LogP contribution in [0.3, 0.4) is 0 Å². The highest BCUT2D eigenvalue weighted by Crippen LogP contribution is 2.23. The molecule has 1 aromatic carbocycles. The van der Waals surface area contributed by atoms with Crippen LogP contribution in [0.4, 0.5) is 0 Å². The molecule has 0 spiro atoms. The Morgan fingerprint density at radius 3 is 2.30 bits per heavy atom. The molecule has 0 aliphatic carbocycles. The van der Waals surface area contributed by atoms with Gasteiger partial charge in [0, 0.05) is 6.07 Å². The molecular formula is C30H41NO6. The zero-order valence-electron chi connectivity index (χ0n) is 22.2. The lowest BCUT2D eigenvalue weighted by Gasteiger charge is -2.12. The minimum absolute atomic E-state index is 0.106. The molecule has 1 N–H and O–H groups in total. The van der Waals surface area contributed by atoms with Crippen LogP contribution < -0.4 is 9.47 Å². The Bertz CT molecular complexity index is 988. The van der Waals surface area contributed by atoms with Crippen LogP contribution in [0.5, 0.6) is 11.6 Å². The smallest absolute Gasteiger partial charge is 0.337 e. The predicted molar refractivity (Wildman–Crippen MR) is 145 cm³/mol. The van der Waals surface area contributed by atoms with Crippen molar-refractivity contribution in [1.29, 1.82) is 0 Å². The zero-order valence-corrected chi connectivity index (χ0v) is 22.2. The topological polar surface area (TPSA) is 95.0 Å². The monoisotopic (exact) mass is 511 g/mol. The van der Waals surface area contributed by atoms with Gasteiger partial charge in [-0.2, -0.15) is 0 Å². The van der Waals surface area contributed by atoms with E-state index in [9.17, 15) is 9.59 Å². The van der Waals surface area contributed by atoms with Gasteiger partial charge in [-0.3, -0.25) is 4.79 Å². The van der Waals surface area contributed by atoms with Gasteiger partial charge in [0.25, 0.3) is 0 Å². The van der Waals surface area contributed by atoms with Crippen molar-refractivity contribution < 1.29 is 28.9 Å². The number of rotatable bonds is 19. The molecule has 37 heavy (non-hydrogen) atoms. The third-order valence-electron chi connectivity index (χ3n) is 5.92. The van der Waals surface area contributed by atoms with Crippen LogP contribution in [-0.2, 0) is 16.1 Å². The summed E-state index contributed by atoms with van der Waals surface area (Å²) in [5, 5.41) is 8.96. The fraction of sp³-hybridized carbons (Fsp3) is 0.500. The molecule has 2 aromatic rings. The van der Waals surface area contributed by atoms with E-state index in [4.69, 9.17) is 19.3 Å². The number of carbonyl (C=O) groups excluding carboxylic acids is 1. The molecule has 7 heteroatoms. The van der Waals surface area contributed by atoms with Crippen molar-refractivity contribution in [3.63, 3.8) is 0 Å². The SMILES string of the molecule is CCCCCCCCCCCCOc1ccc(OCc2cccc(C(=O)OC)c2)nc1C=CCC(=O)O. The second-order valence-electron chi connectivity index (χ2n) is 9.04. The third-order valence-corrected chi connectivity index (χ3v) is 5.92. The van der Waals surface area contributed by atoms with Gasteiger partial charge in [-0.25, -0.2) is 9.78 Å². The van der Waals surface area contributed by atoms with Crippen molar-refractivity contribution in [3.8, 4) is 11.6 Å². The number of aromatic nitrogens is 1. The van der Waals surface area contributed by atoms with Crippen molar-refractivity contribution in [1.82, 2.24) is 4.98 Å². The number of unbranched alkanes of at least 4 members (excludes halogenated alkanes) is 9. The van der Waals surface area contributed by atoms with Crippen molar-refractivity contribution in [2.45, 2.75) is 84.2 Å². The maximum atomic E-state index is 11.7. The average Bonchev–Trinajstić information content (AvgIpc) is 2.90. The molecule has 0 atom stereocenters. The standard InChI is InChI=1S/C30H41NO6/c1-3-4-5-6-7-8-9-10-11-12-21-36-27-19-20-28(31-26(27)17-14-18-29(32)33)37-23-24-15-13-16-25(22-24)30(34)35-2/h13-17,19-20,22H,3-12,18,21,23H2,1-2H3,(H,32,33). The minimum Gasteiger partial charge on any atom is -0.491 e. The first-order valence-electron chi connectivity index (χ1n) is 13.4. The van der Waals surface area contributed by atoms with Crippen LogP contribution in [-0.4, -0.2) is 35.7 Å². The van der Waals surface area contributed by atoms with Gasteiger partial charge in [-0.05, 0) is 36.3 Å². The number of hydrogen-bond acceptors (Lipinski definition) is 6. The second kappa shape index (κ2) is 18.0. The molecule has 0 bridgehead atoms. The largest absolute Gasteiger partial charge is 0.491 e. The fourth-order valence-electron chi connectivity index (χ4n) is 3.87. The number of ether oxygens (including phenoxy) is 3. The van der Waals surface area contributed by atoms with Crippen LogP contribution >= 0.6 is 0 Å². The number of pyridine rings is 1. The Morgan fingerprint density at radius 2 is 1.62 bits per heavy atom. The quantitative estimate of drug-likeness (QED) is 0.157. The van der Waals surface area contributed by atoms with Gasteiger partial charge in [-0.15, -0.1) is 0 Å². The molecule has 0 saturated carbocycles. The average molecular weight is 512 g/mol. The number of aliphatic carboxylic acids is 1. The van der Waals surface area contributed by atoms with E-state index in [1.807, 2.05) is 6.07 Å². The van der Waals surface area contributed by atoms with Crippen LogP contribution in [0, 0.1) is 0 Å². The van der Waals surface area contributed by atoms with Crippen molar-refractivity contribution in [3.05, 3.63) is 59.3 Å². The summed E-state index contributed by atoms with van der Waals surface area (Å²) in [5.41, 5.74) is 1.77. The molecule has 0 saturated heterocycles. The molecular weight excluding hydrogens is 470 g/mol. The maximum absolute atomic E-state index is 11.7. The summed E-state index contributed by atoms with van der Waals surface area (Å²) in [4.78, 5) is 27.2. The number of methoxy groups -OCH3 is 1. The van der Waals surface area contributed by atoms with Crippen LogP contribution in [0.25, 0.3) is 6.08 Å². The summed E-state index contributed by atoms with van der Waals surface area (Å²) < 4.78 is 16.6. The maximum Gasteiger partial charge on any atom is 0.337 e. The highest BCUT2D eigenvalue weighted by atomic mass is 16.5. The number of hydrogen-bond donors (Lipinski definition) is 1. The summed E-state index contributed by atoms with van der Waals surface area (Å²) >= 11 is 0. The van der Waals surface area contributed by atoms with Gasteiger partial charge in [0.1, 0.15) is 18.1 Å². The third kappa shape index (κ3) is 12.4. The van der Waals surface area contributed by atoms with Gasteiger partial charge in [0.05, 0.1) is 25.7 Å². The van der Waals surface area contributed by atoms with Gasteiger partial charge in [0.2, 0.25) is 5.88 Å². The fourth-order valence-corrected chi connectivity index (χ4v) is 3.87. The number of esters is 1. The van der Waals surface area contributed by atoms with Gasteiger partial charge in [-0.1, -0.05) is 82.9 Å². The summed E-state index contributed by atoms with van der Waals surface area (Å²) in [6.45, 7) is 3.04.